The van der Waals surface area contributed by atoms with Crippen LogP contribution in [0.5, 0.6) is 0 Å². The van der Waals surface area contributed by atoms with E-state index in [2.05, 4.69) is 15.6 Å². The van der Waals surface area contributed by atoms with Crippen molar-refractivity contribution in [3.8, 4) is 0 Å². The minimum Gasteiger partial charge on any atom is -0.383 e. The molecule has 0 rings (SSSR count). The van der Waals surface area contributed by atoms with Crippen LogP contribution in [0.3, 0.4) is 0 Å². The lowest BCUT2D eigenvalue weighted by Gasteiger charge is -2.18. The molecular weight excluding hydrogens is 365 g/mol. The molecule has 0 aromatic rings. The van der Waals surface area contributed by atoms with Gasteiger partial charge in [0.15, 0.2) is 5.96 Å². The number of hydrogen-bond acceptors (Lipinski definition) is 3. The minimum absolute atomic E-state index is 0. The molecular formula is C11H26IN3O2S. The third kappa shape index (κ3) is 10.1. The summed E-state index contributed by atoms with van der Waals surface area (Å²) in [5.41, 5.74) is 0. The van der Waals surface area contributed by atoms with Crippen molar-refractivity contribution in [3.63, 3.8) is 0 Å². The third-order valence-corrected chi connectivity index (χ3v) is 4.03. The Labute approximate surface area is 130 Å². The molecule has 0 amide bonds. The maximum Gasteiger partial charge on any atom is 0.191 e. The Hall–Kier alpha value is 0.110. The maximum atomic E-state index is 11.8. The molecule has 2 N–H and O–H groups in total. The summed E-state index contributed by atoms with van der Waals surface area (Å²) in [4.78, 5) is 4.06. The fourth-order valence-electron chi connectivity index (χ4n) is 1.06. The first-order valence-corrected chi connectivity index (χ1v) is 7.05. The van der Waals surface area contributed by atoms with Crippen LogP contribution in [0.15, 0.2) is 4.99 Å². The first-order chi connectivity index (χ1) is 7.91. The van der Waals surface area contributed by atoms with E-state index in [9.17, 15) is 4.21 Å². The van der Waals surface area contributed by atoms with Gasteiger partial charge in [-0.3, -0.25) is 9.20 Å². The fourth-order valence-corrected chi connectivity index (χ4v) is 1.96. The Morgan fingerprint density at radius 2 is 1.83 bits per heavy atom. The molecule has 0 spiro atoms. The predicted octanol–water partition coefficient (Wildman–Crippen LogP) is 0.963. The quantitative estimate of drug-likeness (QED) is 0.307. The van der Waals surface area contributed by atoms with Gasteiger partial charge in [0.25, 0.3) is 0 Å². The van der Waals surface area contributed by atoms with Gasteiger partial charge in [-0.15, -0.1) is 24.0 Å². The Bertz CT molecular complexity index is 268. The standard InChI is InChI=1S/C11H25N3O2S.HI/c1-11(2,3)17(15)9-7-14-10(12-4)13-6-8-16-5;/h6-9H2,1-5H3,(H2,12,13,14);1H. The Balaban J connectivity index is 0. The molecule has 5 nitrogen and oxygen atoms in total. The van der Waals surface area contributed by atoms with Crippen LogP contribution in [0.25, 0.3) is 0 Å². The normalized spacial score (nSPS) is 13.7. The molecule has 0 saturated heterocycles. The lowest BCUT2D eigenvalue weighted by atomic mass is 10.3. The van der Waals surface area contributed by atoms with Gasteiger partial charge in [-0.2, -0.15) is 0 Å². The van der Waals surface area contributed by atoms with Crippen LogP contribution >= 0.6 is 24.0 Å². The molecule has 0 bridgehead atoms. The molecule has 0 aliphatic rings. The molecule has 0 aliphatic heterocycles. The third-order valence-electron chi connectivity index (χ3n) is 2.09. The number of halogens is 1. The molecule has 0 aromatic carbocycles. The highest BCUT2D eigenvalue weighted by atomic mass is 127. The zero-order chi connectivity index (χ0) is 13.3. The molecule has 1 atom stereocenters. The van der Waals surface area contributed by atoms with E-state index < -0.39 is 10.8 Å². The average Bonchev–Trinajstić information content (AvgIpc) is 2.25. The number of nitrogens with one attached hydrogen (secondary N) is 2. The average molecular weight is 391 g/mol. The SMILES string of the molecule is CN=C(NCCOC)NCCS(=O)C(C)(C)C.I. The summed E-state index contributed by atoms with van der Waals surface area (Å²) in [6, 6.07) is 0. The molecule has 0 heterocycles. The van der Waals surface area contributed by atoms with Crippen molar-refractivity contribution in [2.75, 3.05) is 39.6 Å². The molecule has 110 valence electrons. The first-order valence-electron chi connectivity index (χ1n) is 5.73. The highest BCUT2D eigenvalue weighted by Crippen LogP contribution is 2.10. The van der Waals surface area contributed by atoms with E-state index in [1.165, 1.54) is 0 Å². The van der Waals surface area contributed by atoms with Crippen LogP contribution in [0.4, 0.5) is 0 Å². The Morgan fingerprint density at radius 1 is 1.28 bits per heavy atom. The van der Waals surface area contributed by atoms with Crippen LogP contribution in [0.1, 0.15) is 20.8 Å². The Kier molecular flexibility index (Phi) is 12.5. The minimum atomic E-state index is -0.833. The summed E-state index contributed by atoms with van der Waals surface area (Å²) in [5.74, 6) is 1.34. The highest BCUT2D eigenvalue weighted by molar-refractivity contribution is 14.0. The van der Waals surface area contributed by atoms with Crippen molar-refractivity contribution in [2.45, 2.75) is 25.5 Å². The molecule has 0 fully saturated rings. The first kappa shape index (κ1) is 20.4. The molecule has 18 heavy (non-hydrogen) atoms. The van der Waals surface area contributed by atoms with Gasteiger partial charge in [0.1, 0.15) is 0 Å². The van der Waals surface area contributed by atoms with Crippen molar-refractivity contribution < 1.29 is 8.95 Å². The van der Waals surface area contributed by atoms with Gasteiger partial charge in [-0.05, 0) is 20.8 Å². The van der Waals surface area contributed by atoms with E-state index >= 15 is 0 Å². The second kappa shape index (κ2) is 11.0. The van der Waals surface area contributed by atoms with Crippen molar-refractivity contribution >= 4 is 40.7 Å². The van der Waals surface area contributed by atoms with Crippen molar-refractivity contribution in [1.82, 2.24) is 10.6 Å². The van der Waals surface area contributed by atoms with Gasteiger partial charge in [0, 0.05) is 48.5 Å². The van der Waals surface area contributed by atoms with Gasteiger partial charge in [0.2, 0.25) is 0 Å². The van der Waals surface area contributed by atoms with Crippen LogP contribution in [0, 0.1) is 0 Å². The van der Waals surface area contributed by atoms with Gasteiger partial charge in [-0.25, -0.2) is 0 Å². The van der Waals surface area contributed by atoms with E-state index in [-0.39, 0.29) is 28.7 Å². The molecule has 0 radical (unpaired) electrons. The summed E-state index contributed by atoms with van der Waals surface area (Å²) in [6.45, 7) is 7.93. The van der Waals surface area contributed by atoms with Crippen molar-refractivity contribution in [2.24, 2.45) is 4.99 Å². The van der Waals surface area contributed by atoms with E-state index in [1.54, 1.807) is 14.2 Å². The summed E-state index contributed by atoms with van der Waals surface area (Å²) in [5, 5.41) is 6.22. The monoisotopic (exact) mass is 391 g/mol. The summed E-state index contributed by atoms with van der Waals surface area (Å²) >= 11 is 0. The molecule has 1 unspecified atom stereocenters. The smallest absolute Gasteiger partial charge is 0.191 e. The second-order valence-corrected chi connectivity index (χ2v) is 6.90. The fraction of sp³-hybridized carbons (Fsp3) is 0.909. The zero-order valence-corrected chi connectivity index (χ0v) is 15.1. The number of nitrogens with zero attached hydrogens (tertiary/aromatic N) is 1. The van der Waals surface area contributed by atoms with E-state index in [4.69, 9.17) is 4.74 Å². The molecule has 0 aromatic heterocycles. The lowest BCUT2D eigenvalue weighted by molar-refractivity contribution is 0.203. The molecule has 0 saturated carbocycles. The largest absolute Gasteiger partial charge is 0.383 e. The predicted molar refractivity (Wildman–Crippen MR) is 89.4 cm³/mol. The number of methoxy groups -OCH3 is 1. The van der Waals surface area contributed by atoms with Crippen molar-refractivity contribution in [3.05, 3.63) is 0 Å². The van der Waals surface area contributed by atoms with Gasteiger partial charge in [-0.1, -0.05) is 0 Å². The molecule has 0 aliphatic carbocycles. The molecule has 7 heteroatoms. The number of ether oxygens (including phenoxy) is 1. The van der Waals surface area contributed by atoms with Gasteiger partial charge in [0.05, 0.1) is 6.61 Å². The second-order valence-electron chi connectivity index (χ2n) is 4.58. The Morgan fingerprint density at radius 3 is 2.28 bits per heavy atom. The summed E-state index contributed by atoms with van der Waals surface area (Å²) < 4.78 is 16.6. The van der Waals surface area contributed by atoms with E-state index in [0.29, 0.717) is 31.4 Å². The van der Waals surface area contributed by atoms with E-state index in [1.807, 2.05) is 20.8 Å². The zero-order valence-electron chi connectivity index (χ0n) is 11.9. The number of rotatable bonds is 6. The van der Waals surface area contributed by atoms with Crippen LogP contribution in [0.2, 0.25) is 0 Å². The van der Waals surface area contributed by atoms with Crippen LogP contribution in [-0.2, 0) is 15.5 Å². The maximum absolute atomic E-state index is 11.8. The van der Waals surface area contributed by atoms with Gasteiger partial charge >= 0.3 is 0 Å². The number of hydrogen-bond donors (Lipinski definition) is 2. The lowest BCUT2D eigenvalue weighted by Crippen LogP contribution is -2.41. The summed E-state index contributed by atoms with van der Waals surface area (Å²) in [6.07, 6.45) is 0. The number of guanidine groups is 1. The van der Waals surface area contributed by atoms with Crippen LogP contribution in [-0.4, -0.2) is 54.5 Å². The van der Waals surface area contributed by atoms with Crippen molar-refractivity contribution in [1.29, 1.82) is 0 Å². The number of aliphatic imine (C=N–C) groups is 1. The van der Waals surface area contributed by atoms with Crippen LogP contribution < -0.4 is 10.6 Å². The van der Waals surface area contributed by atoms with E-state index in [0.717, 1.165) is 0 Å². The summed E-state index contributed by atoms with van der Waals surface area (Å²) in [7, 11) is 2.54. The highest BCUT2D eigenvalue weighted by Gasteiger charge is 2.18. The topological polar surface area (TPSA) is 62.7 Å². The van der Waals surface area contributed by atoms with Gasteiger partial charge < -0.3 is 15.4 Å².